The summed E-state index contributed by atoms with van der Waals surface area (Å²) in [5, 5.41) is 5.61. The van der Waals surface area contributed by atoms with Gasteiger partial charge in [-0.1, -0.05) is 6.07 Å². The zero-order valence-electron chi connectivity index (χ0n) is 10.9. The van der Waals surface area contributed by atoms with Crippen molar-refractivity contribution in [2.24, 2.45) is 0 Å². The summed E-state index contributed by atoms with van der Waals surface area (Å²) >= 11 is 1.86. The topological polar surface area (TPSA) is 21.3 Å². The molecule has 1 aliphatic rings. The number of thiophene rings is 1. The van der Waals surface area contributed by atoms with Crippen molar-refractivity contribution in [1.29, 1.82) is 0 Å². The zero-order valence-corrected chi connectivity index (χ0v) is 11.7. The van der Waals surface area contributed by atoms with E-state index in [2.05, 4.69) is 29.9 Å². The summed E-state index contributed by atoms with van der Waals surface area (Å²) in [6, 6.07) is 4.95. The summed E-state index contributed by atoms with van der Waals surface area (Å²) in [4.78, 5) is 1.49. The lowest BCUT2D eigenvalue weighted by molar-refractivity contribution is -0.0834. The van der Waals surface area contributed by atoms with Gasteiger partial charge in [-0.25, -0.2) is 0 Å². The molecule has 0 aliphatic heterocycles. The molecule has 0 radical (unpaired) electrons. The van der Waals surface area contributed by atoms with E-state index in [1.54, 1.807) is 0 Å². The molecule has 1 N–H and O–H groups in total. The maximum atomic E-state index is 5.71. The second-order valence-electron chi connectivity index (χ2n) is 5.05. The maximum absolute atomic E-state index is 5.71. The van der Waals surface area contributed by atoms with Crippen molar-refractivity contribution in [3.63, 3.8) is 0 Å². The van der Waals surface area contributed by atoms with Gasteiger partial charge in [-0.05, 0) is 57.0 Å². The van der Waals surface area contributed by atoms with Gasteiger partial charge in [0.25, 0.3) is 0 Å². The fourth-order valence-electron chi connectivity index (χ4n) is 2.63. The summed E-state index contributed by atoms with van der Waals surface area (Å²) in [5.41, 5.74) is 0.184. The number of hydrogen-bond acceptors (Lipinski definition) is 3. The minimum Gasteiger partial charge on any atom is -0.378 e. The van der Waals surface area contributed by atoms with Crippen LogP contribution in [0.4, 0.5) is 0 Å². The van der Waals surface area contributed by atoms with Crippen LogP contribution in [0.1, 0.15) is 37.0 Å². The fraction of sp³-hybridized carbons (Fsp3) is 0.714. The molecule has 1 atom stereocenters. The van der Waals surface area contributed by atoms with Crippen LogP contribution in [0.5, 0.6) is 0 Å². The predicted octanol–water partition coefficient (Wildman–Crippen LogP) is 3.23. The standard InChI is InChI=1S/C14H23NOS/c1-15-12(6-7-13-5-3-10-17-13)11-14(16-2)8-4-9-14/h3,5,10,12,15H,4,6-9,11H2,1-2H3. The van der Waals surface area contributed by atoms with E-state index >= 15 is 0 Å². The number of aryl methyl sites for hydroxylation is 1. The van der Waals surface area contributed by atoms with Crippen LogP contribution in [0.2, 0.25) is 0 Å². The smallest absolute Gasteiger partial charge is 0.0693 e. The van der Waals surface area contributed by atoms with Crippen molar-refractivity contribution >= 4 is 11.3 Å². The van der Waals surface area contributed by atoms with Crippen LogP contribution >= 0.6 is 11.3 Å². The summed E-state index contributed by atoms with van der Waals surface area (Å²) < 4.78 is 5.71. The Balaban J connectivity index is 1.80. The highest BCUT2D eigenvalue weighted by molar-refractivity contribution is 7.09. The Morgan fingerprint density at radius 2 is 2.35 bits per heavy atom. The van der Waals surface area contributed by atoms with Crippen molar-refractivity contribution < 1.29 is 4.74 Å². The van der Waals surface area contributed by atoms with Gasteiger partial charge in [-0.3, -0.25) is 0 Å². The van der Waals surface area contributed by atoms with Gasteiger partial charge in [0.2, 0.25) is 0 Å². The van der Waals surface area contributed by atoms with Gasteiger partial charge >= 0.3 is 0 Å². The van der Waals surface area contributed by atoms with Gasteiger partial charge in [0.15, 0.2) is 0 Å². The molecule has 2 nitrogen and oxygen atoms in total. The van der Waals surface area contributed by atoms with Gasteiger partial charge in [0, 0.05) is 18.0 Å². The number of ether oxygens (including phenoxy) is 1. The molecule has 1 aromatic heterocycles. The van der Waals surface area contributed by atoms with Crippen molar-refractivity contribution in [2.45, 2.75) is 50.2 Å². The lowest BCUT2D eigenvalue weighted by atomic mass is 9.75. The largest absolute Gasteiger partial charge is 0.378 e. The van der Waals surface area contributed by atoms with Gasteiger partial charge in [0.05, 0.1) is 5.60 Å². The minimum absolute atomic E-state index is 0.184. The Morgan fingerprint density at radius 1 is 1.53 bits per heavy atom. The molecule has 0 saturated heterocycles. The van der Waals surface area contributed by atoms with Crippen LogP contribution in [0.25, 0.3) is 0 Å². The number of nitrogens with one attached hydrogen (secondary N) is 1. The fourth-order valence-corrected chi connectivity index (χ4v) is 3.36. The van der Waals surface area contributed by atoms with Crippen LogP contribution in [-0.2, 0) is 11.2 Å². The van der Waals surface area contributed by atoms with E-state index in [-0.39, 0.29) is 5.60 Å². The molecule has 1 fully saturated rings. The van der Waals surface area contributed by atoms with Gasteiger partial charge in [-0.2, -0.15) is 0 Å². The Hall–Kier alpha value is -0.380. The third-order valence-electron chi connectivity index (χ3n) is 4.04. The SMILES string of the molecule is CNC(CCc1cccs1)CC1(OC)CCC1. The molecule has 2 rings (SSSR count). The summed E-state index contributed by atoms with van der Waals surface area (Å²) in [7, 11) is 3.94. The molecule has 96 valence electrons. The van der Waals surface area contributed by atoms with E-state index in [4.69, 9.17) is 4.74 Å². The Bertz CT molecular complexity index is 313. The highest BCUT2D eigenvalue weighted by Gasteiger charge is 2.38. The predicted molar refractivity (Wildman–Crippen MR) is 73.7 cm³/mol. The molecule has 1 aliphatic carbocycles. The average Bonchev–Trinajstić information content (AvgIpc) is 2.80. The molecule has 1 heterocycles. The molecular weight excluding hydrogens is 230 g/mol. The zero-order chi connectivity index (χ0) is 12.1. The van der Waals surface area contributed by atoms with E-state index in [1.807, 2.05) is 18.4 Å². The third kappa shape index (κ3) is 3.30. The van der Waals surface area contributed by atoms with Crippen LogP contribution < -0.4 is 5.32 Å². The van der Waals surface area contributed by atoms with Gasteiger partial charge in [0.1, 0.15) is 0 Å². The second kappa shape index (κ2) is 5.98. The molecule has 1 aromatic rings. The van der Waals surface area contributed by atoms with E-state index < -0.39 is 0 Å². The summed E-state index contributed by atoms with van der Waals surface area (Å²) in [5.74, 6) is 0. The van der Waals surface area contributed by atoms with Crippen LogP contribution in [0.15, 0.2) is 17.5 Å². The third-order valence-corrected chi connectivity index (χ3v) is 4.98. The van der Waals surface area contributed by atoms with E-state index in [9.17, 15) is 0 Å². The van der Waals surface area contributed by atoms with E-state index in [0.717, 1.165) is 6.42 Å². The molecule has 1 saturated carbocycles. The number of methoxy groups -OCH3 is 1. The average molecular weight is 253 g/mol. The van der Waals surface area contributed by atoms with Crippen molar-refractivity contribution in [3.05, 3.63) is 22.4 Å². The van der Waals surface area contributed by atoms with Crippen molar-refractivity contribution in [2.75, 3.05) is 14.2 Å². The first-order chi connectivity index (χ1) is 8.28. The molecule has 0 bridgehead atoms. The van der Waals surface area contributed by atoms with Crippen LogP contribution in [-0.4, -0.2) is 25.8 Å². The highest BCUT2D eigenvalue weighted by Crippen LogP contribution is 2.39. The van der Waals surface area contributed by atoms with Crippen LogP contribution in [0.3, 0.4) is 0 Å². The van der Waals surface area contributed by atoms with Gasteiger partial charge < -0.3 is 10.1 Å². The van der Waals surface area contributed by atoms with Crippen molar-refractivity contribution in [1.82, 2.24) is 5.32 Å². The Labute approximate surface area is 108 Å². The quantitative estimate of drug-likeness (QED) is 0.805. The molecule has 0 spiro atoms. The molecular formula is C14H23NOS. The Morgan fingerprint density at radius 3 is 2.82 bits per heavy atom. The molecule has 0 amide bonds. The second-order valence-corrected chi connectivity index (χ2v) is 6.08. The van der Waals surface area contributed by atoms with E-state index in [1.165, 1.54) is 37.0 Å². The summed E-state index contributed by atoms with van der Waals surface area (Å²) in [6.07, 6.45) is 7.35. The molecule has 3 heteroatoms. The van der Waals surface area contributed by atoms with Crippen molar-refractivity contribution in [3.8, 4) is 0 Å². The monoisotopic (exact) mass is 253 g/mol. The van der Waals surface area contributed by atoms with E-state index in [0.29, 0.717) is 6.04 Å². The number of hydrogen-bond donors (Lipinski definition) is 1. The highest BCUT2D eigenvalue weighted by atomic mass is 32.1. The molecule has 1 unspecified atom stereocenters. The first-order valence-electron chi connectivity index (χ1n) is 6.53. The molecule has 17 heavy (non-hydrogen) atoms. The summed E-state index contributed by atoms with van der Waals surface area (Å²) in [6.45, 7) is 0. The Kier molecular flexibility index (Phi) is 4.60. The van der Waals surface area contributed by atoms with Gasteiger partial charge in [-0.15, -0.1) is 11.3 Å². The lowest BCUT2D eigenvalue weighted by Crippen LogP contribution is -2.45. The minimum atomic E-state index is 0.184. The van der Waals surface area contributed by atoms with Crippen LogP contribution in [0, 0.1) is 0 Å². The maximum Gasteiger partial charge on any atom is 0.0693 e. The lowest BCUT2D eigenvalue weighted by Gasteiger charge is -2.42. The normalized spacial score (nSPS) is 19.9. The first-order valence-corrected chi connectivity index (χ1v) is 7.41. The number of rotatable bonds is 7. The first kappa shape index (κ1) is 13.1. The molecule has 0 aromatic carbocycles.